The minimum Gasteiger partial charge on any atom is -0.360 e. The van der Waals surface area contributed by atoms with Crippen molar-refractivity contribution >= 4 is 22.8 Å². The Balaban J connectivity index is 1.55. The number of rotatable bonds is 3. The highest BCUT2D eigenvalue weighted by Gasteiger charge is 2.18. The van der Waals surface area contributed by atoms with Crippen LogP contribution in [0.5, 0.6) is 0 Å². The Labute approximate surface area is 144 Å². The molecule has 1 aliphatic carbocycles. The van der Waals surface area contributed by atoms with Crippen molar-refractivity contribution in [2.75, 3.05) is 5.32 Å². The quantitative estimate of drug-likeness (QED) is 0.768. The van der Waals surface area contributed by atoms with Crippen molar-refractivity contribution in [2.45, 2.75) is 38.1 Å². The van der Waals surface area contributed by atoms with E-state index in [4.69, 9.17) is 0 Å². The van der Waals surface area contributed by atoms with Gasteiger partial charge in [-0.05, 0) is 25.0 Å². The van der Waals surface area contributed by atoms with E-state index in [1.165, 1.54) is 25.5 Å². The van der Waals surface area contributed by atoms with Gasteiger partial charge in [-0.1, -0.05) is 31.4 Å². The third kappa shape index (κ3) is 3.05. The number of benzene rings is 1. The van der Waals surface area contributed by atoms with Gasteiger partial charge in [0.15, 0.2) is 0 Å². The van der Waals surface area contributed by atoms with Crippen LogP contribution in [0.25, 0.3) is 10.9 Å². The summed E-state index contributed by atoms with van der Waals surface area (Å²) in [5.41, 5.74) is 0.440. The number of pyridine rings is 1. The molecule has 1 aliphatic rings. The molecule has 1 amide bonds. The molecule has 4 rings (SSSR count). The van der Waals surface area contributed by atoms with Crippen LogP contribution in [0, 0.1) is 0 Å². The Bertz CT molecular complexity index is 969. The van der Waals surface area contributed by atoms with Crippen LogP contribution in [0.2, 0.25) is 0 Å². The first-order valence-electron chi connectivity index (χ1n) is 8.55. The zero-order chi connectivity index (χ0) is 17.2. The molecule has 25 heavy (non-hydrogen) atoms. The number of amides is 1. The van der Waals surface area contributed by atoms with E-state index in [1.807, 2.05) is 10.7 Å². The summed E-state index contributed by atoms with van der Waals surface area (Å²) in [7, 11) is 0. The first kappa shape index (κ1) is 15.6. The number of nitrogens with zero attached hydrogens (tertiary/aromatic N) is 3. The minimum absolute atomic E-state index is 0.0488. The van der Waals surface area contributed by atoms with Crippen LogP contribution in [0.3, 0.4) is 0 Å². The van der Waals surface area contributed by atoms with Crippen molar-refractivity contribution in [3.8, 4) is 0 Å². The fourth-order valence-corrected chi connectivity index (χ4v) is 3.36. The monoisotopic (exact) mass is 337 g/mol. The summed E-state index contributed by atoms with van der Waals surface area (Å²) in [6, 6.07) is 7.44. The van der Waals surface area contributed by atoms with Crippen LogP contribution < -0.4 is 10.7 Å². The fraction of sp³-hybridized carbons (Fsp3) is 0.333. The topological polar surface area (TPSA) is 92.7 Å². The van der Waals surface area contributed by atoms with Gasteiger partial charge in [-0.2, -0.15) is 0 Å². The third-order valence-corrected chi connectivity index (χ3v) is 4.72. The summed E-state index contributed by atoms with van der Waals surface area (Å²) >= 11 is 0. The van der Waals surface area contributed by atoms with Crippen molar-refractivity contribution in [1.82, 2.24) is 19.7 Å². The average molecular weight is 337 g/mol. The van der Waals surface area contributed by atoms with Crippen LogP contribution in [-0.4, -0.2) is 25.7 Å². The Morgan fingerprint density at radius 1 is 1.20 bits per heavy atom. The zero-order valence-electron chi connectivity index (χ0n) is 13.7. The number of aromatic nitrogens is 4. The molecule has 3 aromatic rings. The van der Waals surface area contributed by atoms with Gasteiger partial charge in [0.2, 0.25) is 11.4 Å². The number of H-pyrrole nitrogens is 1. The van der Waals surface area contributed by atoms with Gasteiger partial charge in [0, 0.05) is 17.1 Å². The Morgan fingerprint density at radius 2 is 2.00 bits per heavy atom. The molecular weight excluding hydrogens is 318 g/mol. The second kappa shape index (κ2) is 6.51. The smallest absolute Gasteiger partial charge is 0.263 e. The number of carbonyl (C=O) groups is 1. The number of aromatic amines is 1. The molecule has 128 valence electrons. The fourth-order valence-electron chi connectivity index (χ4n) is 3.36. The molecule has 0 spiro atoms. The Kier molecular flexibility index (Phi) is 4.05. The van der Waals surface area contributed by atoms with Crippen LogP contribution in [0.15, 0.2) is 41.6 Å². The summed E-state index contributed by atoms with van der Waals surface area (Å²) in [6.07, 6.45) is 8.90. The normalized spacial score (nSPS) is 15.4. The molecule has 1 aromatic carbocycles. The average Bonchev–Trinajstić information content (AvgIpc) is 3.11. The van der Waals surface area contributed by atoms with Crippen molar-refractivity contribution in [3.63, 3.8) is 0 Å². The molecule has 2 heterocycles. The van der Waals surface area contributed by atoms with E-state index >= 15 is 0 Å². The molecular formula is C18H19N5O2. The summed E-state index contributed by atoms with van der Waals surface area (Å²) < 4.78 is 1.82. The van der Waals surface area contributed by atoms with Gasteiger partial charge in [0.05, 0.1) is 6.04 Å². The number of nitrogens with one attached hydrogen (secondary N) is 2. The van der Waals surface area contributed by atoms with Crippen LogP contribution in [-0.2, 0) is 0 Å². The van der Waals surface area contributed by atoms with E-state index in [0.29, 0.717) is 16.9 Å². The summed E-state index contributed by atoms with van der Waals surface area (Å²) in [6.45, 7) is 0. The molecule has 2 N–H and O–H groups in total. The van der Waals surface area contributed by atoms with E-state index in [2.05, 4.69) is 20.4 Å². The maximum absolute atomic E-state index is 12.5. The lowest BCUT2D eigenvalue weighted by Gasteiger charge is -2.21. The van der Waals surface area contributed by atoms with Gasteiger partial charge in [-0.3, -0.25) is 14.9 Å². The first-order chi connectivity index (χ1) is 12.2. The maximum atomic E-state index is 12.5. The molecule has 7 nitrogen and oxygen atoms in total. The highest BCUT2D eigenvalue weighted by atomic mass is 16.2. The van der Waals surface area contributed by atoms with Gasteiger partial charge in [-0.15, -0.1) is 5.10 Å². The lowest BCUT2D eigenvalue weighted by atomic mass is 9.96. The molecule has 0 aliphatic heterocycles. The number of fused-ring (bicyclic) bond motifs is 1. The second-order valence-electron chi connectivity index (χ2n) is 6.37. The molecule has 2 aromatic heterocycles. The maximum Gasteiger partial charge on any atom is 0.263 e. The van der Waals surface area contributed by atoms with Gasteiger partial charge >= 0.3 is 0 Å². The van der Waals surface area contributed by atoms with Crippen LogP contribution in [0.1, 0.15) is 48.5 Å². The number of hydrogen-bond donors (Lipinski definition) is 2. The predicted molar refractivity (Wildman–Crippen MR) is 94.7 cm³/mol. The lowest BCUT2D eigenvalue weighted by molar-refractivity contribution is 0.102. The van der Waals surface area contributed by atoms with E-state index in [9.17, 15) is 9.59 Å². The largest absolute Gasteiger partial charge is 0.360 e. The minimum atomic E-state index is -0.506. The number of carbonyl (C=O) groups excluding carboxylic acids is 1. The van der Waals surface area contributed by atoms with E-state index in [1.54, 1.807) is 24.5 Å². The number of para-hydroxylation sites is 1. The Morgan fingerprint density at radius 3 is 2.84 bits per heavy atom. The SMILES string of the molecule is O=C(Nc1ncn(C2CCCCC2)n1)c1c[nH]c2ccccc2c1=O. The van der Waals surface area contributed by atoms with E-state index in [-0.39, 0.29) is 16.9 Å². The predicted octanol–water partition coefficient (Wildman–Crippen LogP) is 2.88. The van der Waals surface area contributed by atoms with Crippen molar-refractivity contribution in [1.29, 1.82) is 0 Å². The standard InChI is InChI=1S/C18H19N5O2/c24-16-13-8-4-5-9-15(13)19-10-14(16)17(25)21-18-20-11-23(22-18)12-6-2-1-3-7-12/h4-5,8-12H,1-3,6-7H2,(H,19,24)(H,21,22,25). The van der Waals surface area contributed by atoms with E-state index < -0.39 is 5.91 Å². The highest BCUT2D eigenvalue weighted by molar-refractivity contribution is 6.04. The lowest BCUT2D eigenvalue weighted by Crippen LogP contribution is -2.22. The first-order valence-corrected chi connectivity index (χ1v) is 8.55. The zero-order valence-corrected chi connectivity index (χ0v) is 13.7. The van der Waals surface area contributed by atoms with Crippen LogP contribution >= 0.6 is 0 Å². The van der Waals surface area contributed by atoms with Crippen molar-refractivity contribution in [3.05, 3.63) is 52.6 Å². The van der Waals surface area contributed by atoms with Gasteiger partial charge in [-0.25, -0.2) is 9.67 Å². The summed E-state index contributed by atoms with van der Waals surface area (Å²) in [5.74, 6) is -0.281. The van der Waals surface area contributed by atoms with Gasteiger partial charge < -0.3 is 4.98 Å². The number of anilines is 1. The summed E-state index contributed by atoms with van der Waals surface area (Å²) in [5, 5.41) is 7.46. The molecule has 1 fully saturated rings. The highest BCUT2D eigenvalue weighted by Crippen LogP contribution is 2.27. The Hall–Kier alpha value is -2.96. The van der Waals surface area contributed by atoms with Gasteiger partial charge in [0.1, 0.15) is 11.9 Å². The third-order valence-electron chi connectivity index (χ3n) is 4.72. The van der Waals surface area contributed by atoms with Crippen LogP contribution in [0.4, 0.5) is 5.95 Å². The van der Waals surface area contributed by atoms with Crippen molar-refractivity contribution in [2.24, 2.45) is 0 Å². The second-order valence-corrected chi connectivity index (χ2v) is 6.37. The molecule has 0 atom stereocenters. The molecule has 1 saturated carbocycles. The molecule has 0 bridgehead atoms. The van der Waals surface area contributed by atoms with E-state index in [0.717, 1.165) is 12.8 Å². The molecule has 7 heteroatoms. The van der Waals surface area contributed by atoms with Gasteiger partial charge in [0.25, 0.3) is 5.91 Å². The molecule has 0 unspecified atom stereocenters. The molecule has 0 saturated heterocycles. The molecule has 0 radical (unpaired) electrons. The van der Waals surface area contributed by atoms with Crippen molar-refractivity contribution < 1.29 is 4.79 Å². The number of hydrogen-bond acceptors (Lipinski definition) is 4. The summed E-state index contributed by atoms with van der Waals surface area (Å²) in [4.78, 5) is 32.1.